The molecule has 0 aliphatic rings. The molecule has 0 radical (unpaired) electrons. The predicted octanol–water partition coefficient (Wildman–Crippen LogP) is 0.469. The van der Waals surface area contributed by atoms with Crippen LogP contribution in [-0.4, -0.2) is 40.6 Å². The summed E-state index contributed by atoms with van der Waals surface area (Å²) in [6.07, 6.45) is 3.09. The Hall–Kier alpha value is -2.90. The van der Waals surface area contributed by atoms with E-state index < -0.39 is 5.97 Å². The molecule has 0 bridgehead atoms. The molecule has 1 N–H and O–H groups in total. The fraction of sp³-hybridized carbons (Fsp3) is 0.231. The molecule has 0 aliphatic heterocycles. The van der Waals surface area contributed by atoms with Gasteiger partial charge < -0.3 is 14.8 Å². The number of amides is 1. The maximum Gasteiger partial charge on any atom is 0.343 e. The summed E-state index contributed by atoms with van der Waals surface area (Å²) in [5.74, 6) is -0.264. The van der Waals surface area contributed by atoms with Crippen LogP contribution in [0.3, 0.4) is 0 Å². The standard InChI is InChI=1S/C13H14N4O4/c1-20-13(19)9-21-11-4-2-3-10(7-11)15-12(18)8-17-6-5-14-16-17/h2-7H,8-9H2,1H3,(H,15,18). The van der Waals surface area contributed by atoms with Crippen LogP contribution in [0.2, 0.25) is 0 Å². The van der Waals surface area contributed by atoms with Crippen molar-refractivity contribution >= 4 is 17.6 Å². The topological polar surface area (TPSA) is 95.3 Å². The Morgan fingerprint density at radius 3 is 2.95 bits per heavy atom. The van der Waals surface area contributed by atoms with Crippen LogP contribution in [0.15, 0.2) is 36.7 Å². The Kier molecular flexibility index (Phi) is 4.86. The van der Waals surface area contributed by atoms with Crippen molar-refractivity contribution in [3.8, 4) is 5.75 Å². The zero-order valence-corrected chi connectivity index (χ0v) is 11.4. The number of esters is 1. The van der Waals surface area contributed by atoms with E-state index in [1.807, 2.05) is 0 Å². The average molecular weight is 290 g/mol. The number of hydrogen-bond acceptors (Lipinski definition) is 6. The Morgan fingerprint density at radius 2 is 2.24 bits per heavy atom. The zero-order chi connectivity index (χ0) is 15.1. The van der Waals surface area contributed by atoms with Gasteiger partial charge in [-0.3, -0.25) is 4.79 Å². The van der Waals surface area contributed by atoms with Crippen molar-refractivity contribution in [1.82, 2.24) is 15.0 Å². The third-order valence-corrected chi connectivity index (χ3v) is 2.48. The SMILES string of the molecule is COC(=O)COc1cccc(NC(=O)Cn2ccnn2)c1. The van der Waals surface area contributed by atoms with E-state index in [9.17, 15) is 9.59 Å². The van der Waals surface area contributed by atoms with Crippen LogP contribution in [0.25, 0.3) is 0 Å². The van der Waals surface area contributed by atoms with Crippen LogP contribution in [0, 0.1) is 0 Å². The second-order valence-corrected chi connectivity index (χ2v) is 4.04. The number of aromatic nitrogens is 3. The number of ether oxygens (including phenoxy) is 2. The summed E-state index contributed by atoms with van der Waals surface area (Å²) >= 11 is 0. The summed E-state index contributed by atoms with van der Waals surface area (Å²) in [5.41, 5.74) is 0.558. The van der Waals surface area contributed by atoms with Crippen LogP contribution in [0.1, 0.15) is 0 Å². The number of nitrogens with one attached hydrogen (secondary N) is 1. The molecule has 2 rings (SSSR count). The third kappa shape index (κ3) is 4.60. The summed E-state index contributed by atoms with van der Waals surface area (Å²) in [6.45, 7) is -0.125. The highest BCUT2D eigenvalue weighted by Crippen LogP contribution is 2.17. The van der Waals surface area contributed by atoms with E-state index >= 15 is 0 Å². The highest BCUT2D eigenvalue weighted by atomic mass is 16.6. The molecule has 1 aromatic heterocycles. The molecule has 1 aromatic carbocycles. The molecule has 0 spiro atoms. The largest absolute Gasteiger partial charge is 0.482 e. The molecule has 8 heteroatoms. The maximum absolute atomic E-state index is 11.8. The predicted molar refractivity (Wildman–Crippen MR) is 72.6 cm³/mol. The molecule has 2 aromatic rings. The van der Waals surface area contributed by atoms with Crippen molar-refractivity contribution in [3.63, 3.8) is 0 Å². The quantitative estimate of drug-likeness (QED) is 0.777. The van der Waals surface area contributed by atoms with Crippen LogP contribution in [0.4, 0.5) is 5.69 Å². The Bertz CT molecular complexity index is 612. The molecule has 21 heavy (non-hydrogen) atoms. The number of rotatable bonds is 6. The van der Waals surface area contributed by atoms with Crippen molar-refractivity contribution < 1.29 is 19.1 Å². The number of carbonyl (C=O) groups excluding carboxylic acids is 2. The average Bonchev–Trinajstić information content (AvgIpc) is 2.97. The third-order valence-electron chi connectivity index (χ3n) is 2.48. The lowest BCUT2D eigenvalue weighted by Gasteiger charge is -2.08. The maximum atomic E-state index is 11.8. The summed E-state index contributed by atoms with van der Waals surface area (Å²) < 4.78 is 11.1. The number of anilines is 1. The van der Waals surface area contributed by atoms with Gasteiger partial charge in [0.25, 0.3) is 0 Å². The number of methoxy groups -OCH3 is 1. The molecule has 1 heterocycles. The van der Waals surface area contributed by atoms with E-state index in [1.165, 1.54) is 18.0 Å². The normalized spacial score (nSPS) is 9.95. The molecule has 0 atom stereocenters. The van der Waals surface area contributed by atoms with Crippen LogP contribution >= 0.6 is 0 Å². The molecule has 0 saturated heterocycles. The molecule has 0 aliphatic carbocycles. The first-order chi connectivity index (χ1) is 10.2. The van der Waals surface area contributed by atoms with E-state index in [1.54, 1.807) is 30.5 Å². The lowest BCUT2D eigenvalue weighted by molar-refractivity contribution is -0.142. The van der Waals surface area contributed by atoms with Gasteiger partial charge in [0, 0.05) is 18.0 Å². The molecule has 110 valence electrons. The summed E-state index contributed by atoms with van der Waals surface area (Å²) in [4.78, 5) is 22.8. The second-order valence-electron chi connectivity index (χ2n) is 4.04. The van der Waals surface area contributed by atoms with E-state index in [0.717, 1.165) is 0 Å². The first-order valence-corrected chi connectivity index (χ1v) is 6.11. The second kappa shape index (κ2) is 7.04. The van der Waals surface area contributed by atoms with Gasteiger partial charge in [0.05, 0.1) is 13.3 Å². The summed E-state index contributed by atoms with van der Waals surface area (Å²) in [7, 11) is 1.28. The fourth-order valence-electron chi connectivity index (χ4n) is 1.53. The van der Waals surface area contributed by atoms with Crippen molar-refractivity contribution in [2.45, 2.75) is 6.54 Å². The molecule has 0 unspecified atom stereocenters. The van der Waals surface area contributed by atoms with E-state index in [-0.39, 0.29) is 19.1 Å². The van der Waals surface area contributed by atoms with Crippen molar-refractivity contribution in [2.75, 3.05) is 19.0 Å². The molecular formula is C13H14N4O4. The van der Waals surface area contributed by atoms with Gasteiger partial charge in [0.2, 0.25) is 5.91 Å². The lowest BCUT2D eigenvalue weighted by Crippen LogP contribution is -2.19. The minimum Gasteiger partial charge on any atom is -0.482 e. The van der Waals surface area contributed by atoms with Crippen LogP contribution in [-0.2, 0) is 20.9 Å². The first-order valence-electron chi connectivity index (χ1n) is 6.11. The minimum absolute atomic E-state index is 0.0627. The zero-order valence-electron chi connectivity index (χ0n) is 11.4. The first kappa shape index (κ1) is 14.5. The molecular weight excluding hydrogens is 276 g/mol. The van der Waals surface area contributed by atoms with Crippen molar-refractivity contribution in [1.29, 1.82) is 0 Å². The Morgan fingerprint density at radius 1 is 1.38 bits per heavy atom. The molecule has 0 fully saturated rings. The van der Waals surface area contributed by atoms with Gasteiger partial charge in [0.15, 0.2) is 6.61 Å². The minimum atomic E-state index is -0.476. The van der Waals surface area contributed by atoms with Gasteiger partial charge in [0.1, 0.15) is 12.3 Å². The van der Waals surface area contributed by atoms with Gasteiger partial charge >= 0.3 is 5.97 Å². The smallest absolute Gasteiger partial charge is 0.343 e. The van der Waals surface area contributed by atoms with Gasteiger partial charge in [-0.25, -0.2) is 9.48 Å². The Labute approximate surface area is 120 Å². The summed E-state index contributed by atoms with van der Waals surface area (Å²) in [5, 5.41) is 10.0. The van der Waals surface area contributed by atoms with Crippen LogP contribution < -0.4 is 10.1 Å². The van der Waals surface area contributed by atoms with Crippen LogP contribution in [0.5, 0.6) is 5.75 Å². The van der Waals surface area contributed by atoms with Gasteiger partial charge in [-0.05, 0) is 12.1 Å². The summed E-state index contributed by atoms with van der Waals surface area (Å²) in [6, 6.07) is 6.71. The van der Waals surface area contributed by atoms with E-state index in [4.69, 9.17) is 4.74 Å². The van der Waals surface area contributed by atoms with E-state index in [2.05, 4.69) is 20.4 Å². The number of hydrogen-bond donors (Lipinski definition) is 1. The number of nitrogens with zero attached hydrogens (tertiary/aromatic N) is 3. The van der Waals surface area contributed by atoms with Gasteiger partial charge in [-0.1, -0.05) is 11.3 Å². The van der Waals surface area contributed by atoms with Gasteiger partial charge in [-0.2, -0.15) is 0 Å². The molecule has 8 nitrogen and oxygen atoms in total. The highest BCUT2D eigenvalue weighted by Gasteiger charge is 2.06. The Balaban J connectivity index is 1.91. The van der Waals surface area contributed by atoms with Crippen molar-refractivity contribution in [2.24, 2.45) is 0 Å². The molecule has 0 saturated carbocycles. The molecule has 1 amide bonds. The lowest BCUT2D eigenvalue weighted by atomic mass is 10.3. The number of carbonyl (C=O) groups is 2. The monoisotopic (exact) mass is 290 g/mol. The fourth-order valence-corrected chi connectivity index (χ4v) is 1.53. The van der Waals surface area contributed by atoms with Crippen molar-refractivity contribution in [3.05, 3.63) is 36.7 Å². The number of benzene rings is 1. The van der Waals surface area contributed by atoms with Gasteiger partial charge in [-0.15, -0.1) is 5.10 Å². The van der Waals surface area contributed by atoms with E-state index in [0.29, 0.717) is 11.4 Å². The highest BCUT2D eigenvalue weighted by molar-refractivity contribution is 5.90.